The van der Waals surface area contributed by atoms with Crippen molar-refractivity contribution in [1.29, 1.82) is 0 Å². The van der Waals surface area contributed by atoms with Gasteiger partial charge in [-0.05, 0) is 31.0 Å². The molecule has 0 atom stereocenters. The standard InChI is InChI=1S/C11H11FN4O.C6H13N/c12-9-5-8(2-1-7(9)6-13)16-4-3-10(14)15-11(16)17;7-6-4-2-1-3-5-6/h1-5H,6,13H2,(H2,14,15,17);6H,1-5,7H2. The highest BCUT2D eigenvalue weighted by atomic mass is 19.1. The second-order valence-electron chi connectivity index (χ2n) is 5.88. The molecule has 3 rings (SSSR count). The van der Waals surface area contributed by atoms with Crippen LogP contribution < -0.4 is 22.9 Å². The molecule has 0 amide bonds. The maximum atomic E-state index is 13.5. The first kappa shape index (κ1) is 18.1. The van der Waals surface area contributed by atoms with E-state index in [0.717, 1.165) is 0 Å². The van der Waals surface area contributed by atoms with E-state index in [0.29, 0.717) is 17.3 Å². The van der Waals surface area contributed by atoms with Crippen molar-refractivity contribution in [2.24, 2.45) is 11.5 Å². The third-order valence-electron chi connectivity index (χ3n) is 4.01. The van der Waals surface area contributed by atoms with Gasteiger partial charge in [0.25, 0.3) is 0 Å². The summed E-state index contributed by atoms with van der Waals surface area (Å²) in [5, 5.41) is 0. The van der Waals surface area contributed by atoms with Gasteiger partial charge in [0, 0.05) is 24.3 Å². The number of nitrogen functional groups attached to an aromatic ring is 1. The third-order valence-corrected chi connectivity index (χ3v) is 4.01. The van der Waals surface area contributed by atoms with Gasteiger partial charge in [-0.15, -0.1) is 0 Å². The van der Waals surface area contributed by atoms with Gasteiger partial charge in [-0.25, -0.2) is 9.18 Å². The first-order valence-electron chi connectivity index (χ1n) is 8.11. The fourth-order valence-corrected chi connectivity index (χ4v) is 2.60. The predicted octanol–water partition coefficient (Wildman–Crippen LogP) is 1.69. The number of benzene rings is 1. The topological polar surface area (TPSA) is 113 Å². The summed E-state index contributed by atoms with van der Waals surface area (Å²) in [6.07, 6.45) is 8.11. The van der Waals surface area contributed by atoms with E-state index in [9.17, 15) is 9.18 Å². The lowest BCUT2D eigenvalue weighted by atomic mass is 9.97. The highest BCUT2D eigenvalue weighted by Gasteiger charge is 2.06. The van der Waals surface area contributed by atoms with Gasteiger partial charge in [-0.3, -0.25) is 4.57 Å². The van der Waals surface area contributed by atoms with Crippen LogP contribution in [0, 0.1) is 5.82 Å². The Balaban J connectivity index is 0.000000249. The minimum atomic E-state index is -0.551. The van der Waals surface area contributed by atoms with Crippen molar-refractivity contribution in [2.45, 2.75) is 44.7 Å². The summed E-state index contributed by atoms with van der Waals surface area (Å²) in [6.45, 7) is 0.112. The lowest BCUT2D eigenvalue weighted by Crippen LogP contribution is -2.22. The number of hydrogen-bond donors (Lipinski definition) is 3. The molecule has 6 N–H and O–H groups in total. The highest BCUT2D eigenvalue weighted by Crippen LogP contribution is 2.15. The second kappa shape index (κ2) is 8.56. The molecule has 0 saturated heterocycles. The van der Waals surface area contributed by atoms with Crippen LogP contribution >= 0.6 is 0 Å². The summed E-state index contributed by atoms with van der Waals surface area (Å²) >= 11 is 0. The van der Waals surface area contributed by atoms with Gasteiger partial charge in [-0.2, -0.15) is 4.98 Å². The molecule has 24 heavy (non-hydrogen) atoms. The van der Waals surface area contributed by atoms with Crippen molar-refractivity contribution in [2.75, 3.05) is 5.73 Å². The number of halogens is 1. The molecule has 0 aliphatic heterocycles. The second-order valence-corrected chi connectivity index (χ2v) is 5.88. The van der Waals surface area contributed by atoms with Gasteiger partial charge in [-0.1, -0.05) is 25.3 Å². The first-order valence-corrected chi connectivity index (χ1v) is 8.11. The van der Waals surface area contributed by atoms with Crippen LogP contribution in [0.3, 0.4) is 0 Å². The van der Waals surface area contributed by atoms with Crippen LogP contribution in [0.15, 0.2) is 35.3 Å². The molecule has 1 aliphatic rings. The van der Waals surface area contributed by atoms with E-state index in [4.69, 9.17) is 17.2 Å². The van der Waals surface area contributed by atoms with E-state index in [2.05, 4.69) is 4.98 Å². The molecule has 0 unspecified atom stereocenters. The molecule has 1 aromatic carbocycles. The molecule has 1 aromatic heterocycles. The van der Waals surface area contributed by atoms with E-state index in [1.165, 1.54) is 61.1 Å². The molecular weight excluding hydrogens is 309 g/mol. The Labute approximate surface area is 140 Å². The zero-order valence-corrected chi connectivity index (χ0v) is 13.6. The smallest absolute Gasteiger partial charge is 0.354 e. The molecule has 0 spiro atoms. The summed E-state index contributed by atoms with van der Waals surface area (Å²) in [5.74, 6) is -0.320. The van der Waals surface area contributed by atoms with Gasteiger partial charge in [0.15, 0.2) is 0 Å². The van der Waals surface area contributed by atoms with Gasteiger partial charge >= 0.3 is 5.69 Å². The quantitative estimate of drug-likeness (QED) is 0.774. The van der Waals surface area contributed by atoms with Crippen LogP contribution in [-0.4, -0.2) is 15.6 Å². The maximum Gasteiger partial charge on any atom is 0.354 e. The van der Waals surface area contributed by atoms with Crippen LogP contribution in [0.5, 0.6) is 0 Å². The monoisotopic (exact) mass is 333 g/mol. The predicted molar refractivity (Wildman–Crippen MR) is 93.2 cm³/mol. The lowest BCUT2D eigenvalue weighted by molar-refractivity contribution is 0.441. The first-order chi connectivity index (χ1) is 11.5. The van der Waals surface area contributed by atoms with E-state index < -0.39 is 11.5 Å². The molecule has 1 saturated carbocycles. The summed E-state index contributed by atoms with van der Waals surface area (Å²) in [4.78, 5) is 15.1. The van der Waals surface area contributed by atoms with Crippen LogP contribution in [-0.2, 0) is 6.54 Å². The van der Waals surface area contributed by atoms with E-state index in [1.807, 2.05) is 0 Å². The van der Waals surface area contributed by atoms with Crippen molar-refractivity contribution in [3.8, 4) is 5.69 Å². The van der Waals surface area contributed by atoms with Gasteiger partial charge < -0.3 is 17.2 Å². The summed E-state index contributed by atoms with van der Waals surface area (Å²) in [5.41, 5.74) is 16.6. The number of aromatic nitrogens is 2. The largest absolute Gasteiger partial charge is 0.383 e. The minimum absolute atomic E-state index is 0.112. The van der Waals surface area contributed by atoms with Crippen LogP contribution in [0.2, 0.25) is 0 Å². The SMILES string of the molecule is NC1CCCCC1.NCc1ccc(-n2ccc(N)nc2=O)cc1F. The van der Waals surface area contributed by atoms with Crippen molar-refractivity contribution in [3.63, 3.8) is 0 Å². The fourth-order valence-electron chi connectivity index (χ4n) is 2.60. The molecule has 1 heterocycles. The van der Waals surface area contributed by atoms with Crippen LogP contribution in [0.4, 0.5) is 10.2 Å². The lowest BCUT2D eigenvalue weighted by Gasteiger charge is -2.15. The Morgan fingerprint density at radius 3 is 2.42 bits per heavy atom. The average Bonchev–Trinajstić information content (AvgIpc) is 2.56. The maximum absolute atomic E-state index is 13.5. The van der Waals surface area contributed by atoms with Gasteiger partial charge in [0.05, 0.1) is 5.69 Å². The van der Waals surface area contributed by atoms with Crippen LogP contribution in [0.1, 0.15) is 37.7 Å². The molecule has 0 radical (unpaired) electrons. The number of anilines is 1. The summed E-state index contributed by atoms with van der Waals surface area (Å²) in [6, 6.07) is 6.38. The highest BCUT2D eigenvalue weighted by molar-refractivity contribution is 5.37. The summed E-state index contributed by atoms with van der Waals surface area (Å²) in [7, 11) is 0. The Morgan fingerprint density at radius 2 is 1.92 bits per heavy atom. The zero-order chi connectivity index (χ0) is 17.5. The number of hydrogen-bond acceptors (Lipinski definition) is 5. The fraction of sp³-hybridized carbons (Fsp3) is 0.412. The zero-order valence-electron chi connectivity index (χ0n) is 13.6. The Hall–Kier alpha value is -2.25. The average molecular weight is 333 g/mol. The van der Waals surface area contributed by atoms with Crippen molar-refractivity contribution in [3.05, 3.63) is 52.3 Å². The molecule has 2 aromatic rings. The Morgan fingerprint density at radius 1 is 1.21 bits per heavy atom. The summed E-state index contributed by atoms with van der Waals surface area (Å²) < 4.78 is 14.7. The minimum Gasteiger partial charge on any atom is -0.383 e. The van der Waals surface area contributed by atoms with Crippen molar-refractivity contribution in [1.82, 2.24) is 9.55 Å². The van der Waals surface area contributed by atoms with Crippen molar-refractivity contribution >= 4 is 5.82 Å². The van der Waals surface area contributed by atoms with E-state index >= 15 is 0 Å². The molecule has 6 nitrogen and oxygen atoms in total. The Bertz CT molecular complexity index is 725. The molecule has 7 heteroatoms. The normalized spacial score (nSPS) is 14.8. The third kappa shape index (κ3) is 4.87. The van der Waals surface area contributed by atoms with Crippen LogP contribution in [0.25, 0.3) is 5.69 Å². The van der Waals surface area contributed by atoms with Crippen molar-refractivity contribution < 1.29 is 4.39 Å². The molecule has 1 aliphatic carbocycles. The van der Waals surface area contributed by atoms with E-state index in [-0.39, 0.29) is 12.4 Å². The number of rotatable bonds is 2. The van der Waals surface area contributed by atoms with Gasteiger partial charge in [0.1, 0.15) is 11.6 Å². The molecular formula is C17H24FN5O. The molecule has 0 bridgehead atoms. The molecule has 130 valence electrons. The van der Waals surface area contributed by atoms with E-state index in [1.54, 1.807) is 6.07 Å². The molecule has 1 fully saturated rings. The number of nitrogens with zero attached hydrogens (tertiary/aromatic N) is 2. The Kier molecular flexibility index (Phi) is 6.45. The number of nitrogens with two attached hydrogens (primary N) is 3. The van der Waals surface area contributed by atoms with Gasteiger partial charge in [0.2, 0.25) is 0 Å².